The van der Waals surface area contributed by atoms with Gasteiger partial charge in [0.2, 0.25) is 0 Å². The molecule has 0 radical (unpaired) electrons. The fourth-order valence-corrected chi connectivity index (χ4v) is 1.33. The van der Waals surface area contributed by atoms with Crippen molar-refractivity contribution in [2.24, 2.45) is 0 Å². The third kappa shape index (κ3) is 3.61. The zero-order chi connectivity index (χ0) is 9.68. The molecule has 1 aromatic heterocycles. The third-order valence-electron chi connectivity index (χ3n) is 1.93. The lowest BCUT2D eigenvalue weighted by Gasteiger charge is -2.16. The van der Waals surface area contributed by atoms with Gasteiger partial charge in [-0.3, -0.25) is 0 Å². The molecule has 0 aliphatic rings. The smallest absolute Gasteiger partial charge is 0.105 e. The molecule has 2 atom stereocenters. The molecular formula is C10H17NO2. The van der Waals surface area contributed by atoms with Crippen LogP contribution in [-0.2, 0) is 6.42 Å². The molecule has 0 aromatic carbocycles. The second-order valence-corrected chi connectivity index (χ2v) is 3.43. The Balaban J connectivity index is 2.29. The highest BCUT2D eigenvalue weighted by Crippen LogP contribution is 2.04. The van der Waals surface area contributed by atoms with Gasteiger partial charge in [0.15, 0.2) is 0 Å². The molecule has 3 heteroatoms. The minimum Gasteiger partial charge on any atom is -0.469 e. The number of aliphatic hydroxyl groups is 1. The van der Waals surface area contributed by atoms with Crippen molar-refractivity contribution in [1.82, 2.24) is 5.32 Å². The molecule has 0 amide bonds. The van der Waals surface area contributed by atoms with E-state index in [2.05, 4.69) is 12.2 Å². The Morgan fingerprint density at radius 1 is 1.46 bits per heavy atom. The van der Waals surface area contributed by atoms with Crippen molar-refractivity contribution in [2.75, 3.05) is 6.61 Å². The molecule has 1 heterocycles. The molecule has 3 nitrogen and oxygen atoms in total. The van der Waals surface area contributed by atoms with Gasteiger partial charge < -0.3 is 14.8 Å². The molecule has 2 N–H and O–H groups in total. The van der Waals surface area contributed by atoms with Crippen LogP contribution in [0, 0.1) is 0 Å². The van der Waals surface area contributed by atoms with Crippen molar-refractivity contribution in [3.8, 4) is 0 Å². The molecule has 1 rings (SSSR count). The maximum absolute atomic E-state index is 8.82. The van der Waals surface area contributed by atoms with Gasteiger partial charge in [-0.05, 0) is 26.0 Å². The molecular weight excluding hydrogens is 166 g/mol. The van der Waals surface area contributed by atoms with Crippen LogP contribution in [0.15, 0.2) is 22.8 Å². The molecule has 0 aliphatic carbocycles. The van der Waals surface area contributed by atoms with Gasteiger partial charge in [0.05, 0.1) is 12.9 Å². The van der Waals surface area contributed by atoms with Gasteiger partial charge in [0.25, 0.3) is 0 Å². The first-order chi connectivity index (χ1) is 6.22. The predicted molar refractivity (Wildman–Crippen MR) is 51.6 cm³/mol. The highest BCUT2D eigenvalue weighted by atomic mass is 16.3. The number of rotatable bonds is 5. The minimum absolute atomic E-state index is 0.143. The Morgan fingerprint density at radius 3 is 2.77 bits per heavy atom. The maximum atomic E-state index is 8.82. The van der Waals surface area contributed by atoms with Crippen LogP contribution in [0.1, 0.15) is 19.6 Å². The summed E-state index contributed by atoms with van der Waals surface area (Å²) in [6.45, 7) is 4.20. The number of furan rings is 1. The van der Waals surface area contributed by atoms with Crippen LogP contribution >= 0.6 is 0 Å². The summed E-state index contributed by atoms with van der Waals surface area (Å²) in [5.74, 6) is 0.977. The van der Waals surface area contributed by atoms with Gasteiger partial charge in [-0.15, -0.1) is 0 Å². The first kappa shape index (κ1) is 10.3. The van der Waals surface area contributed by atoms with E-state index >= 15 is 0 Å². The highest BCUT2D eigenvalue weighted by Gasteiger charge is 2.07. The molecule has 0 aliphatic heterocycles. The topological polar surface area (TPSA) is 45.4 Å². The van der Waals surface area contributed by atoms with Crippen molar-refractivity contribution in [3.63, 3.8) is 0 Å². The summed E-state index contributed by atoms with van der Waals surface area (Å²) in [6.07, 6.45) is 2.54. The number of nitrogens with one attached hydrogen (secondary N) is 1. The van der Waals surface area contributed by atoms with Crippen molar-refractivity contribution < 1.29 is 9.52 Å². The molecule has 1 aromatic rings. The van der Waals surface area contributed by atoms with Crippen LogP contribution in [0.5, 0.6) is 0 Å². The van der Waals surface area contributed by atoms with Crippen molar-refractivity contribution in [1.29, 1.82) is 0 Å². The molecule has 0 bridgehead atoms. The Morgan fingerprint density at radius 2 is 2.23 bits per heavy atom. The summed E-state index contributed by atoms with van der Waals surface area (Å²) in [7, 11) is 0. The quantitative estimate of drug-likeness (QED) is 0.720. The van der Waals surface area contributed by atoms with Gasteiger partial charge in [0.1, 0.15) is 5.76 Å². The van der Waals surface area contributed by atoms with Crippen LogP contribution in [0.3, 0.4) is 0 Å². The van der Waals surface area contributed by atoms with E-state index in [1.807, 2.05) is 19.1 Å². The van der Waals surface area contributed by atoms with Crippen molar-refractivity contribution in [3.05, 3.63) is 24.2 Å². The second kappa shape index (κ2) is 5.04. The van der Waals surface area contributed by atoms with Crippen LogP contribution in [-0.4, -0.2) is 23.8 Å². The monoisotopic (exact) mass is 183 g/mol. The molecule has 13 heavy (non-hydrogen) atoms. The Bertz CT molecular complexity index is 221. The standard InChI is InChI=1S/C10H17NO2/c1-8(11-9(2)7-12)6-10-4-3-5-13-10/h3-5,8-9,11-12H,6-7H2,1-2H3. The normalized spacial score (nSPS) is 15.6. The summed E-state index contributed by atoms with van der Waals surface area (Å²) >= 11 is 0. The van der Waals surface area contributed by atoms with Gasteiger partial charge in [0, 0.05) is 18.5 Å². The van der Waals surface area contributed by atoms with Gasteiger partial charge in [-0.1, -0.05) is 0 Å². The van der Waals surface area contributed by atoms with Gasteiger partial charge >= 0.3 is 0 Å². The summed E-state index contributed by atoms with van der Waals surface area (Å²) < 4.78 is 5.22. The number of hydrogen-bond donors (Lipinski definition) is 2. The molecule has 2 unspecified atom stereocenters. The lowest BCUT2D eigenvalue weighted by molar-refractivity contribution is 0.241. The largest absolute Gasteiger partial charge is 0.469 e. The van der Waals surface area contributed by atoms with E-state index in [9.17, 15) is 0 Å². The minimum atomic E-state index is 0.143. The van der Waals surface area contributed by atoms with E-state index in [-0.39, 0.29) is 12.6 Å². The molecule has 0 fully saturated rings. The first-order valence-electron chi connectivity index (χ1n) is 4.61. The molecule has 74 valence electrons. The second-order valence-electron chi connectivity index (χ2n) is 3.43. The molecule has 0 saturated heterocycles. The summed E-state index contributed by atoms with van der Waals surface area (Å²) in [5.41, 5.74) is 0. The SMILES string of the molecule is CC(CO)NC(C)Cc1ccco1. The Kier molecular flexibility index (Phi) is 3.99. The average Bonchev–Trinajstić information content (AvgIpc) is 2.56. The number of hydrogen-bond acceptors (Lipinski definition) is 3. The summed E-state index contributed by atoms with van der Waals surface area (Å²) in [4.78, 5) is 0. The molecule has 0 spiro atoms. The van der Waals surface area contributed by atoms with E-state index in [0.29, 0.717) is 6.04 Å². The lowest BCUT2D eigenvalue weighted by Crippen LogP contribution is -2.37. The summed E-state index contributed by atoms with van der Waals surface area (Å²) in [6, 6.07) is 4.32. The van der Waals surface area contributed by atoms with E-state index in [1.165, 1.54) is 0 Å². The average molecular weight is 183 g/mol. The lowest BCUT2D eigenvalue weighted by atomic mass is 10.2. The van der Waals surface area contributed by atoms with Crippen LogP contribution in [0.2, 0.25) is 0 Å². The zero-order valence-electron chi connectivity index (χ0n) is 8.16. The third-order valence-corrected chi connectivity index (χ3v) is 1.93. The number of aliphatic hydroxyl groups excluding tert-OH is 1. The van der Waals surface area contributed by atoms with Gasteiger partial charge in [-0.2, -0.15) is 0 Å². The highest BCUT2D eigenvalue weighted by molar-refractivity contribution is 5.00. The first-order valence-corrected chi connectivity index (χ1v) is 4.61. The van der Waals surface area contributed by atoms with E-state index in [1.54, 1.807) is 6.26 Å². The van der Waals surface area contributed by atoms with E-state index in [4.69, 9.17) is 9.52 Å². The zero-order valence-corrected chi connectivity index (χ0v) is 8.16. The fourth-order valence-electron chi connectivity index (χ4n) is 1.33. The fraction of sp³-hybridized carbons (Fsp3) is 0.600. The predicted octanol–water partition coefficient (Wildman–Crippen LogP) is 1.18. The maximum Gasteiger partial charge on any atom is 0.105 e. The van der Waals surface area contributed by atoms with Crippen molar-refractivity contribution in [2.45, 2.75) is 32.4 Å². The Labute approximate surface area is 78.8 Å². The summed E-state index contributed by atoms with van der Waals surface area (Å²) in [5, 5.41) is 12.1. The van der Waals surface area contributed by atoms with E-state index < -0.39 is 0 Å². The molecule has 0 saturated carbocycles. The van der Waals surface area contributed by atoms with Crippen molar-refractivity contribution >= 4 is 0 Å². The van der Waals surface area contributed by atoms with Gasteiger partial charge in [-0.25, -0.2) is 0 Å². The van der Waals surface area contributed by atoms with Crippen LogP contribution < -0.4 is 5.32 Å². The Hall–Kier alpha value is -0.800. The van der Waals surface area contributed by atoms with Crippen LogP contribution in [0.25, 0.3) is 0 Å². The van der Waals surface area contributed by atoms with E-state index in [0.717, 1.165) is 12.2 Å². The van der Waals surface area contributed by atoms with Crippen LogP contribution in [0.4, 0.5) is 0 Å².